The van der Waals surface area contributed by atoms with Gasteiger partial charge in [-0.05, 0) is 25.2 Å². The quantitative estimate of drug-likeness (QED) is 0.379. The average Bonchev–Trinajstić information content (AvgIpc) is 2.56. The first-order valence-electron chi connectivity index (χ1n) is 5.69. The van der Waals surface area contributed by atoms with Crippen LogP contribution in [0.1, 0.15) is 33.1 Å². The van der Waals surface area contributed by atoms with E-state index in [1.54, 1.807) is 22.6 Å². The van der Waals surface area contributed by atoms with Gasteiger partial charge in [0.1, 0.15) is 3.55 Å². The first-order chi connectivity index (χ1) is 8.34. The number of carbonyl (C=O) groups is 1. The Morgan fingerprint density at radius 1 is 1.37 bits per heavy atom. The highest BCUT2D eigenvalue weighted by atomic mass is 127. The van der Waals surface area contributed by atoms with Crippen molar-refractivity contribution in [3.8, 4) is 0 Å². The molecule has 2 fully saturated rings. The van der Waals surface area contributed by atoms with Crippen molar-refractivity contribution in [2.24, 2.45) is 11.3 Å². The lowest BCUT2D eigenvalue weighted by Crippen LogP contribution is -2.61. The molecule has 4 nitrogen and oxygen atoms in total. The normalized spacial score (nSPS) is 34.7. The minimum absolute atomic E-state index is 0.0726. The third-order valence-electron chi connectivity index (χ3n) is 4.09. The van der Waals surface area contributed by atoms with Crippen LogP contribution in [0.25, 0.3) is 0 Å². The van der Waals surface area contributed by atoms with Crippen LogP contribution in [-0.4, -0.2) is 27.7 Å². The largest absolute Gasteiger partial charge is 0.516 e. The maximum Gasteiger partial charge on any atom is 0.516 e. The molecule has 1 amide bonds. The Kier molecular flexibility index (Phi) is 3.22. The number of amides is 1. The van der Waals surface area contributed by atoms with Crippen LogP contribution < -0.4 is 0 Å². The van der Waals surface area contributed by atoms with Crippen molar-refractivity contribution in [3.63, 3.8) is 0 Å². The highest BCUT2D eigenvalue weighted by molar-refractivity contribution is 14.1. The molecular formula is C10H13F3INO3S. The maximum absolute atomic E-state index is 12.8. The van der Waals surface area contributed by atoms with E-state index in [4.69, 9.17) is 0 Å². The zero-order chi connectivity index (χ0) is 14.9. The molecule has 0 aromatic carbocycles. The highest BCUT2D eigenvalue weighted by Crippen LogP contribution is 2.58. The van der Waals surface area contributed by atoms with Crippen LogP contribution >= 0.6 is 22.6 Å². The molecule has 1 saturated heterocycles. The SMILES string of the molecule is CC1(C)C(=O)N(S(=O)(=O)C(F)(F)F)C2(I)CCC1C2. The smallest absolute Gasteiger partial charge is 0.273 e. The van der Waals surface area contributed by atoms with Crippen LogP contribution in [0, 0.1) is 11.3 Å². The molecule has 0 spiro atoms. The summed E-state index contributed by atoms with van der Waals surface area (Å²) in [6.07, 6.45) is 1.11. The van der Waals surface area contributed by atoms with E-state index in [1.807, 2.05) is 0 Å². The van der Waals surface area contributed by atoms with Crippen molar-refractivity contribution >= 4 is 38.5 Å². The van der Waals surface area contributed by atoms with Gasteiger partial charge in [-0.1, -0.05) is 36.4 Å². The Morgan fingerprint density at radius 2 is 1.89 bits per heavy atom. The van der Waals surface area contributed by atoms with Crippen molar-refractivity contribution in [1.82, 2.24) is 4.31 Å². The number of carbonyl (C=O) groups excluding carboxylic acids is 1. The lowest BCUT2D eigenvalue weighted by atomic mass is 9.75. The minimum Gasteiger partial charge on any atom is -0.273 e. The van der Waals surface area contributed by atoms with Gasteiger partial charge in [-0.15, -0.1) is 0 Å². The van der Waals surface area contributed by atoms with Crippen LogP contribution in [0.15, 0.2) is 0 Å². The molecule has 19 heavy (non-hydrogen) atoms. The Labute approximate surface area is 122 Å². The summed E-state index contributed by atoms with van der Waals surface area (Å²) in [6, 6.07) is 0. The van der Waals surface area contributed by atoms with Crippen molar-refractivity contribution in [3.05, 3.63) is 0 Å². The van der Waals surface area contributed by atoms with E-state index in [2.05, 4.69) is 0 Å². The van der Waals surface area contributed by atoms with Gasteiger partial charge in [0.2, 0.25) is 5.91 Å². The monoisotopic (exact) mass is 411 g/mol. The van der Waals surface area contributed by atoms with E-state index in [0.29, 0.717) is 6.42 Å². The van der Waals surface area contributed by atoms with Crippen molar-refractivity contribution < 1.29 is 26.4 Å². The molecule has 0 radical (unpaired) electrons. The van der Waals surface area contributed by atoms with Crippen LogP contribution in [0.4, 0.5) is 13.2 Å². The van der Waals surface area contributed by atoms with Gasteiger partial charge in [-0.2, -0.15) is 21.6 Å². The summed E-state index contributed by atoms with van der Waals surface area (Å²) in [5.41, 5.74) is -6.53. The first-order valence-corrected chi connectivity index (χ1v) is 8.21. The third-order valence-corrected chi connectivity index (χ3v) is 7.46. The number of sulfonamides is 1. The van der Waals surface area contributed by atoms with Crippen molar-refractivity contribution in [2.45, 2.75) is 42.2 Å². The Balaban J connectivity index is 2.59. The van der Waals surface area contributed by atoms with Gasteiger partial charge in [0.25, 0.3) is 0 Å². The summed E-state index contributed by atoms with van der Waals surface area (Å²) < 4.78 is 60.4. The minimum atomic E-state index is -5.64. The Bertz CT molecular complexity index is 531. The molecule has 2 bridgehead atoms. The van der Waals surface area contributed by atoms with E-state index in [-0.39, 0.29) is 23.1 Å². The number of hydrogen-bond acceptors (Lipinski definition) is 3. The molecule has 1 heterocycles. The topological polar surface area (TPSA) is 54.5 Å². The number of alkyl halides is 4. The van der Waals surface area contributed by atoms with Gasteiger partial charge in [-0.25, -0.2) is 4.31 Å². The van der Waals surface area contributed by atoms with Gasteiger partial charge in [-0.3, -0.25) is 4.79 Å². The molecule has 9 heteroatoms. The third kappa shape index (κ3) is 1.98. The van der Waals surface area contributed by atoms with E-state index in [9.17, 15) is 26.4 Å². The maximum atomic E-state index is 12.8. The van der Waals surface area contributed by atoms with Crippen molar-refractivity contribution in [2.75, 3.05) is 0 Å². The lowest BCUT2D eigenvalue weighted by Gasteiger charge is -2.45. The van der Waals surface area contributed by atoms with E-state index in [0.717, 1.165) is 0 Å². The summed E-state index contributed by atoms with van der Waals surface area (Å²) in [4.78, 5) is 12.2. The summed E-state index contributed by atoms with van der Waals surface area (Å²) >= 11 is 1.68. The average molecular weight is 411 g/mol. The molecule has 2 atom stereocenters. The van der Waals surface area contributed by atoms with Crippen molar-refractivity contribution in [1.29, 1.82) is 0 Å². The van der Waals surface area contributed by atoms with Crippen LogP contribution in [0.5, 0.6) is 0 Å². The van der Waals surface area contributed by atoms with Gasteiger partial charge >= 0.3 is 15.5 Å². The summed E-state index contributed by atoms with van der Waals surface area (Å²) in [5.74, 6) is -1.02. The van der Waals surface area contributed by atoms with E-state index < -0.39 is 30.4 Å². The molecule has 2 unspecified atom stereocenters. The number of fused-ring (bicyclic) bond motifs is 2. The fraction of sp³-hybridized carbons (Fsp3) is 0.900. The van der Waals surface area contributed by atoms with Gasteiger partial charge in [0, 0.05) is 5.41 Å². The second-order valence-electron chi connectivity index (χ2n) is 5.60. The zero-order valence-electron chi connectivity index (χ0n) is 10.3. The Hall–Kier alpha value is -0.0600. The first kappa shape index (κ1) is 15.3. The standard InChI is InChI=1S/C10H13F3INO3S/c1-8(2)6-3-4-9(14,5-6)15(7(8)16)19(17,18)10(11,12)13/h6H,3-5H2,1-2H3. The fourth-order valence-electron chi connectivity index (χ4n) is 2.82. The van der Waals surface area contributed by atoms with Gasteiger partial charge in [0.05, 0.1) is 0 Å². The van der Waals surface area contributed by atoms with Crippen LogP contribution in [0.2, 0.25) is 0 Å². The molecule has 0 aromatic heterocycles. The van der Waals surface area contributed by atoms with Crippen LogP contribution in [0.3, 0.4) is 0 Å². The highest BCUT2D eigenvalue weighted by Gasteiger charge is 2.66. The summed E-state index contributed by atoms with van der Waals surface area (Å²) in [6.45, 7) is 3.03. The molecule has 1 saturated carbocycles. The van der Waals surface area contributed by atoms with E-state index >= 15 is 0 Å². The predicted molar refractivity (Wildman–Crippen MR) is 69.7 cm³/mol. The molecule has 0 N–H and O–H groups in total. The van der Waals surface area contributed by atoms with E-state index in [1.165, 1.54) is 13.8 Å². The predicted octanol–water partition coefficient (Wildman–Crippen LogP) is 2.64. The Morgan fingerprint density at radius 3 is 2.37 bits per heavy atom. The number of hydrogen-bond donors (Lipinski definition) is 0. The van der Waals surface area contributed by atoms with Gasteiger partial charge < -0.3 is 0 Å². The molecular weight excluding hydrogens is 398 g/mol. The molecule has 0 aromatic rings. The number of rotatable bonds is 1. The summed E-state index contributed by atoms with van der Waals surface area (Å²) in [7, 11) is -5.64. The second kappa shape index (κ2) is 3.99. The molecule has 1 aliphatic carbocycles. The number of piperidine rings is 1. The lowest BCUT2D eigenvalue weighted by molar-refractivity contribution is -0.144. The molecule has 110 valence electrons. The van der Waals surface area contributed by atoms with Gasteiger partial charge in [0.15, 0.2) is 0 Å². The fourth-order valence-corrected chi connectivity index (χ4v) is 5.92. The van der Waals surface area contributed by atoms with Crippen LogP contribution in [-0.2, 0) is 14.8 Å². The number of nitrogens with zero attached hydrogens (tertiary/aromatic N) is 1. The molecule has 1 aliphatic heterocycles. The summed E-state index contributed by atoms with van der Waals surface area (Å²) in [5, 5.41) is 0. The molecule has 2 rings (SSSR count). The second-order valence-corrected chi connectivity index (χ2v) is 9.39. The molecule has 2 aliphatic rings. The number of halogens is 4. The zero-order valence-corrected chi connectivity index (χ0v) is 13.3.